The first-order valence-electron chi connectivity index (χ1n) is 6.02. The Hall–Kier alpha value is -1.23. The molecule has 0 aliphatic rings. The van der Waals surface area contributed by atoms with E-state index in [0.29, 0.717) is 12.2 Å². The summed E-state index contributed by atoms with van der Waals surface area (Å²) in [5.41, 5.74) is -0.719. The summed E-state index contributed by atoms with van der Waals surface area (Å²) in [6, 6.07) is 0. The summed E-state index contributed by atoms with van der Waals surface area (Å²) in [5.74, 6) is 0.765. The van der Waals surface area contributed by atoms with E-state index in [4.69, 9.17) is 4.74 Å². The summed E-state index contributed by atoms with van der Waals surface area (Å²) in [6.45, 7) is 6.62. The van der Waals surface area contributed by atoms with Crippen molar-refractivity contribution in [1.29, 1.82) is 0 Å². The minimum atomic E-state index is -0.719. The zero-order valence-corrected chi connectivity index (χ0v) is 11.1. The average molecular weight is 239 g/mol. The summed E-state index contributed by atoms with van der Waals surface area (Å²) in [4.78, 5) is 16.3. The largest absolute Gasteiger partial charge is 0.371 e. The van der Waals surface area contributed by atoms with Crippen molar-refractivity contribution in [1.82, 2.24) is 14.8 Å². The molecule has 0 spiro atoms. The highest BCUT2D eigenvalue weighted by Crippen LogP contribution is 2.17. The lowest BCUT2D eigenvalue weighted by molar-refractivity contribution is -0.138. The van der Waals surface area contributed by atoms with Gasteiger partial charge in [-0.25, -0.2) is 9.67 Å². The van der Waals surface area contributed by atoms with E-state index in [-0.39, 0.29) is 12.2 Å². The Morgan fingerprint density at radius 2 is 2.24 bits per heavy atom. The standard InChI is InChI=1S/C12H21N3O2/c1-5-7-15-11(13-9-14-15)8-10(16)12(3,6-2)17-4/h9H,5-8H2,1-4H3. The first kappa shape index (κ1) is 13.8. The van der Waals surface area contributed by atoms with Crippen LogP contribution in [0.2, 0.25) is 0 Å². The molecule has 0 saturated carbocycles. The zero-order valence-electron chi connectivity index (χ0n) is 11.1. The number of methoxy groups -OCH3 is 1. The van der Waals surface area contributed by atoms with E-state index in [1.807, 2.05) is 13.8 Å². The summed E-state index contributed by atoms with van der Waals surface area (Å²) in [5, 5.41) is 4.11. The Bertz CT molecular complexity index is 370. The van der Waals surface area contributed by atoms with Gasteiger partial charge in [0.2, 0.25) is 0 Å². The molecule has 96 valence electrons. The fourth-order valence-corrected chi connectivity index (χ4v) is 1.61. The number of hydrogen-bond donors (Lipinski definition) is 0. The summed E-state index contributed by atoms with van der Waals surface area (Å²) >= 11 is 0. The molecule has 1 rings (SSSR count). The summed E-state index contributed by atoms with van der Waals surface area (Å²) < 4.78 is 7.07. The third-order valence-corrected chi connectivity index (χ3v) is 3.16. The second-order valence-electron chi connectivity index (χ2n) is 4.29. The van der Waals surface area contributed by atoms with Crippen LogP contribution in [0.3, 0.4) is 0 Å². The van der Waals surface area contributed by atoms with E-state index in [1.54, 1.807) is 11.8 Å². The maximum atomic E-state index is 12.1. The Balaban J connectivity index is 2.77. The van der Waals surface area contributed by atoms with Crippen LogP contribution < -0.4 is 0 Å². The van der Waals surface area contributed by atoms with Crippen LogP contribution in [0.4, 0.5) is 0 Å². The van der Waals surface area contributed by atoms with Crippen molar-refractivity contribution in [3.05, 3.63) is 12.2 Å². The number of rotatable bonds is 7. The Morgan fingerprint density at radius 3 is 2.76 bits per heavy atom. The van der Waals surface area contributed by atoms with Gasteiger partial charge in [0.25, 0.3) is 0 Å². The van der Waals surface area contributed by atoms with Gasteiger partial charge in [-0.05, 0) is 19.8 Å². The molecule has 5 heteroatoms. The second kappa shape index (κ2) is 5.91. The third kappa shape index (κ3) is 3.12. The average Bonchev–Trinajstić information content (AvgIpc) is 2.76. The van der Waals surface area contributed by atoms with Crippen molar-refractivity contribution in [3.63, 3.8) is 0 Å². The number of ketones is 1. The molecule has 0 amide bonds. The molecule has 17 heavy (non-hydrogen) atoms. The van der Waals surface area contributed by atoms with E-state index in [1.165, 1.54) is 6.33 Å². The molecule has 1 aromatic rings. The maximum Gasteiger partial charge on any atom is 0.171 e. The van der Waals surface area contributed by atoms with Crippen LogP contribution in [-0.4, -0.2) is 33.3 Å². The second-order valence-corrected chi connectivity index (χ2v) is 4.29. The van der Waals surface area contributed by atoms with Crippen LogP contribution in [0.1, 0.15) is 39.4 Å². The van der Waals surface area contributed by atoms with Gasteiger partial charge in [-0.1, -0.05) is 13.8 Å². The van der Waals surface area contributed by atoms with Crippen LogP contribution in [0.15, 0.2) is 6.33 Å². The number of Topliss-reactive ketones (excluding diaryl/α,β-unsaturated/α-hetero) is 1. The molecular formula is C12H21N3O2. The first-order chi connectivity index (χ1) is 8.07. The monoisotopic (exact) mass is 239 g/mol. The van der Waals surface area contributed by atoms with Gasteiger partial charge in [-0.3, -0.25) is 4.79 Å². The normalized spacial score (nSPS) is 14.6. The fourth-order valence-electron chi connectivity index (χ4n) is 1.61. The van der Waals surface area contributed by atoms with Gasteiger partial charge in [0, 0.05) is 13.7 Å². The molecule has 0 N–H and O–H groups in total. The van der Waals surface area contributed by atoms with Crippen molar-refractivity contribution in [3.8, 4) is 0 Å². The lowest BCUT2D eigenvalue weighted by Gasteiger charge is -2.24. The minimum Gasteiger partial charge on any atom is -0.371 e. The summed E-state index contributed by atoms with van der Waals surface area (Å²) in [6.07, 6.45) is 3.40. The van der Waals surface area contributed by atoms with Gasteiger partial charge in [0.1, 0.15) is 17.8 Å². The SMILES string of the molecule is CCCn1ncnc1CC(=O)C(C)(CC)OC. The predicted octanol–water partition coefficient (Wildman–Crippen LogP) is 1.61. The van der Waals surface area contributed by atoms with Crippen molar-refractivity contribution < 1.29 is 9.53 Å². The van der Waals surface area contributed by atoms with Crippen molar-refractivity contribution >= 4 is 5.78 Å². The molecule has 1 heterocycles. The Kier molecular flexibility index (Phi) is 4.81. The maximum absolute atomic E-state index is 12.1. The highest BCUT2D eigenvalue weighted by Gasteiger charge is 2.31. The van der Waals surface area contributed by atoms with Crippen LogP contribution in [0.25, 0.3) is 0 Å². The number of carbonyl (C=O) groups excluding carboxylic acids is 1. The van der Waals surface area contributed by atoms with Crippen molar-refractivity contribution in [2.45, 2.75) is 52.2 Å². The van der Waals surface area contributed by atoms with Crippen LogP contribution in [-0.2, 0) is 22.5 Å². The topological polar surface area (TPSA) is 57.0 Å². The molecule has 1 aromatic heterocycles. The molecule has 0 radical (unpaired) electrons. The van der Waals surface area contributed by atoms with E-state index in [0.717, 1.165) is 13.0 Å². The zero-order chi connectivity index (χ0) is 12.9. The lowest BCUT2D eigenvalue weighted by Crippen LogP contribution is -2.38. The smallest absolute Gasteiger partial charge is 0.171 e. The third-order valence-electron chi connectivity index (χ3n) is 3.16. The van der Waals surface area contributed by atoms with E-state index < -0.39 is 5.60 Å². The Morgan fingerprint density at radius 1 is 1.53 bits per heavy atom. The van der Waals surface area contributed by atoms with Gasteiger partial charge in [0.15, 0.2) is 5.78 Å². The Labute approximate surface area is 102 Å². The molecule has 1 atom stereocenters. The number of aryl methyl sites for hydroxylation is 1. The van der Waals surface area contributed by atoms with Gasteiger partial charge in [-0.2, -0.15) is 5.10 Å². The fraction of sp³-hybridized carbons (Fsp3) is 0.750. The number of aromatic nitrogens is 3. The number of hydrogen-bond acceptors (Lipinski definition) is 4. The first-order valence-corrected chi connectivity index (χ1v) is 6.02. The van der Waals surface area contributed by atoms with Gasteiger partial charge < -0.3 is 4.74 Å². The van der Waals surface area contributed by atoms with Gasteiger partial charge in [-0.15, -0.1) is 0 Å². The quantitative estimate of drug-likeness (QED) is 0.725. The highest BCUT2D eigenvalue weighted by molar-refractivity contribution is 5.88. The number of ether oxygens (including phenoxy) is 1. The van der Waals surface area contributed by atoms with Crippen LogP contribution in [0, 0.1) is 0 Å². The lowest BCUT2D eigenvalue weighted by atomic mass is 9.95. The highest BCUT2D eigenvalue weighted by atomic mass is 16.5. The molecule has 0 aliphatic carbocycles. The van der Waals surface area contributed by atoms with E-state index in [2.05, 4.69) is 17.0 Å². The number of nitrogens with zero attached hydrogens (tertiary/aromatic N) is 3. The van der Waals surface area contributed by atoms with Crippen LogP contribution in [0.5, 0.6) is 0 Å². The minimum absolute atomic E-state index is 0.0489. The molecule has 1 unspecified atom stereocenters. The number of carbonyl (C=O) groups is 1. The van der Waals surface area contributed by atoms with Gasteiger partial charge >= 0.3 is 0 Å². The summed E-state index contributed by atoms with van der Waals surface area (Å²) in [7, 11) is 1.57. The van der Waals surface area contributed by atoms with Gasteiger partial charge in [0.05, 0.1) is 6.42 Å². The molecule has 0 fully saturated rings. The molecule has 0 saturated heterocycles. The van der Waals surface area contributed by atoms with E-state index in [9.17, 15) is 4.79 Å². The molecule has 0 aromatic carbocycles. The molecular weight excluding hydrogens is 218 g/mol. The molecule has 5 nitrogen and oxygen atoms in total. The van der Waals surface area contributed by atoms with Crippen molar-refractivity contribution in [2.24, 2.45) is 0 Å². The predicted molar refractivity (Wildman–Crippen MR) is 64.7 cm³/mol. The molecule has 0 bridgehead atoms. The van der Waals surface area contributed by atoms with Crippen molar-refractivity contribution in [2.75, 3.05) is 7.11 Å². The molecule has 0 aliphatic heterocycles. The van der Waals surface area contributed by atoms with Crippen LogP contribution >= 0.6 is 0 Å². The van der Waals surface area contributed by atoms with E-state index >= 15 is 0 Å².